The highest BCUT2D eigenvalue weighted by molar-refractivity contribution is 7.11. The number of amides is 1. The van der Waals surface area contributed by atoms with Crippen LogP contribution in [0.3, 0.4) is 0 Å². The Labute approximate surface area is 162 Å². The summed E-state index contributed by atoms with van der Waals surface area (Å²) in [5, 5.41) is 3.85. The van der Waals surface area contributed by atoms with Crippen LogP contribution in [0.15, 0.2) is 5.38 Å². The molecule has 9 heteroatoms. The van der Waals surface area contributed by atoms with E-state index in [0.717, 1.165) is 35.7 Å². The molecule has 2 N–H and O–H groups in total. The molecule has 2 aromatic heterocycles. The first kappa shape index (κ1) is 21.3. The Hall–Kier alpha value is -0.730. The molecule has 0 bridgehead atoms. The molecule has 1 aliphatic carbocycles. The molecule has 0 aliphatic heterocycles. The number of thiazole rings is 2. The zero-order valence-electron chi connectivity index (χ0n) is 13.7. The van der Waals surface area contributed by atoms with Gasteiger partial charge in [-0.15, -0.1) is 47.5 Å². The molecule has 24 heavy (non-hydrogen) atoms. The average molecular weight is 409 g/mol. The van der Waals surface area contributed by atoms with Crippen LogP contribution in [-0.2, 0) is 12.8 Å². The maximum atomic E-state index is 12.7. The normalized spacial score (nSPS) is 15.9. The van der Waals surface area contributed by atoms with E-state index >= 15 is 0 Å². The van der Waals surface area contributed by atoms with Crippen molar-refractivity contribution in [1.82, 2.24) is 14.9 Å². The Bertz CT molecular complexity index is 689. The van der Waals surface area contributed by atoms with Crippen LogP contribution in [-0.4, -0.2) is 34.4 Å². The zero-order valence-corrected chi connectivity index (χ0v) is 16.9. The molecule has 2 heterocycles. The first-order valence-electron chi connectivity index (χ1n) is 7.48. The van der Waals surface area contributed by atoms with Crippen LogP contribution in [0.1, 0.15) is 50.0 Å². The summed E-state index contributed by atoms with van der Waals surface area (Å²) < 4.78 is 0. The van der Waals surface area contributed by atoms with Gasteiger partial charge in [-0.2, -0.15) is 0 Å². The number of aryl methyl sites for hydroxylation is 2. The molecule has 5 nitrogen and oxygen atoms in total. The van der Waals surface area contributed by atoms with Gasteiger partial charge in [0.05, 0.1) is 26.6 Å². The molecule has 3 rings (SSSR count). The molecule has 1 unspecified atom stereocenters. The Balaban J connectivity index is 0.00000144. The van der Waals surface area contributed by atoms with Crippen molar-refractivity contribution in [1.29, 1.82) is 0 Å². The van der Waals surface area contributed by atoms with Gasteiger partial charge in [-0.25, -0.2) is 9.97 Å². The molecule has 134 valence electrons. The van der Waals surface area contributed by atoms with Crippen LogP contribution in [0, 0.1) is 6.92 Å². The van der Waals surface area contributed by atoms with Gasteiger partial charge in [-0.05, 0) is 32.7 Å². The van der Waals surface area contributed by atoms with Gasteiger partial charge in [-0.3, -0.25) is 4.79 Å². The number of halogens is 2. The van der Waals surface area contributed by atoms with Gasteiger partial charge in [0.1, 0.15) is 5.69 Å². The third-order valence-corrected chi connectivity index (χ3v) is 5.97. The number of hydrogen-bond acceptors (Lipinski definition) is 6. The predicted molar refractivity (Wildman–Crippen MR) is 104 cm³/mol. The fourth-order valence-corrected chi connectivity index (χ4v) is 4.80. The summed E-state index contributed by atoms with van der Waals surface area (Å²) in [7, 11) is 1.87. The van der Waals surface area contributed by atoms with Crippen molar-refractivity contribution in [3.8, 4) is 0 Å². The van der Waals surface area contributed by atoms with Gasteiger partial charge in [-0.1, -0.05) is 0 Å². The lowest BCUT2D eigenvalue weighted by molar-refractivity contribution is 0.0712. The summed E-state index contributed by atoms with van der Waals surface area (Å²) >= 11 is 3.22. The van der Waals surface area contributed by atoms with E-state index in [1.165, 1.54) is 21.9 Å². The molecule has 2 aromatic rings. The van der Waals surface area contributed by atoms with Crippen molar-refractivity contribution in [3.05, 3.63) is 31.7 Å². The lowest BCUT2D eigenvalue weighted by Crippen LogP contribution is -2.33. The topological polar surface area (TPSA) is 72.1 Å². The van der Waals surface area contributed by atoms with Crippen LogP contribution < -0.4 is 5.73 Å². The summed E-state index contributed by atoms with van der Waals surface area (Å²) in [6.07, 6.45) is 3.82. The molecule has 0 spiro atoms. The third-order valence-electron chi connectivity index (χ3n) is 3.95. The fraction of sp³-hybridized carbons (Fsp3) is 0.533. The predicted octanol–water partition coefficient (Wildman–Crippen LogP) is 3.40. The minimum atomic E-state index is -0.0107. The number of hydrogen-bond donors (Lipinski definition) is 1. The number of nitrogens with zero attached hydrogens (tertiary/aromatic N) is 3. The van der Waals surface area contributed by atoms with Crippen LogP contribution in [0.2, 0.25) is 0 Å². The quantitative estimate of drug-likeness (QED) is 0.840. The van der Waals surface area contributed by atoms with Crippen molar-refractivity contribution < 1.29 is 4.79 Å². The van der Waals surface area contributed by atoms with E-state index in [1.54, 1.807) is 11.3 Å². The molecule has 0 radical (unpaired) electrons. The molecule has 0 saturated carbocycles. The van der Waals surface area contributed by atoms with Crippen LogP contribution >= 0.6 is 47.5 Å². The van der Waals surface area contributed by atoms with Gasteiger partial charge >= 0.3 is 0 Å². The number of nitrogens with two attached hydrogens (primary N) is 1. The van der Waals surface area contributed by atoms with Crippen molar-refractivity contribution >= 4 is 53.4 Å². The van der Waals surface area contributed by atoms with Gasteiger partial charge in [0, 0.05) is 18.8 Å². The molecular formula is C15H22Cl2N4OS2. The number of fused-ring (bicyclic) bond motifs is 1. The minimum absolute atomic E-state index is 0. The van der Waals surface area contributed by atoms with Crippen molar-refractivity contribution in [2.45, 2.75) is 38.6 Å². The SMILES string of the molecule is Cc1nc2c(s1)C(N(C)C(=O)c1csc(CCN)n1)CCC2.Cl.Cl. The van der Waals surface area contributed by atoms with Gasteiger partial charge < -0.3 is 10.6 Å². The second kappa shape index (κ2) is 9.10. The number of rotatable bonds is 4. The zero-order chi connectivity index (χ0) is 15.7. The summed E-state index contributed by atoms with van der Waals surface area (Å²) in [5.74, 6) is -0.0107. The molecule has 0 saturated heterocycles. The summed E-state index contributed by atoms with van der Waals surface area (Å²) in [5.41, 5.74) is 7.24. The van der Waals surface area contributed by atoms with E-state index in [2.05, 4.69) is 9.97 Å². The highest BCUT2D eigenvalue weighted by Gasteiger charge is 2.30. The first-order chi connectivity index (χ1) is 10.6. The highest BCUT2D eigenvalue weighted by atomic mass is 35.5. The van der Waals surface area contributed by atoms with Gasteiger partial charge in [0.25, 0.3) is 5.91 Å². The molecule has 0 fully saturated rings. The molecular weight excluding hydrogens is 387 g/mol. The summed E-state index contributed by atoms with van der Waals surface area (Å²) in [6.45, 7) is 2.59. The molecule has 1 amide bonds. The van der Waals surface area contributed by atoms with Crippen LogP contribution in [0.5, 0.6) is 0 Å². The number of carbonyl (C=O) groups excluding carboxylic acids is 1. The Kier molecular flexibility index (Phi) is 8.08. The maximum Gasteiger partial charge on any atom is 0.273 e. The van der Waals surface area contributed by atoms with E-state index in [9.17, 15) is 4.79 Å². The third kappa shape index (κ3) is 4.26. The summed E-state index contributed by atoms with van der Waals surface area (Å²) in [4.78, 5) is 24.8. The lowest BCUT2D eigenvalue weighted by Gasteiger charge is -2.30. The van der Waals surface area contributed by atoms with E-state index in [4.69, 9.17) is 5.73 Å². The van der Waals surface area contributed by atoms with Crippen molar-refractivity contribution in [3.63, 3.8) is 0 Å². The Morgan fingerprint density at radius 1 is 1.42 bits per heavy atom. The van der Waals surface area contributed by atoms with E-state index in [0.29, 0.717) is 12.2 Å². The second-order valence-corrected chi connectivity index (χ2v) is 7.71. The smallest absolute Gasteiger partial charge is 0.273 e. The van der Waals surface area contributed by atoms with E-state index < -0.39 is 0 Å². The molecule has 1 atom stereocenters. The highest BCUT2D eigenvalue weighted by Crippen LogP contribution is 2.37. The maximum absolute atomic E-state index is 12.7. The largest absolute Gasteiger partial charge is 0.332 e. The second-order valence-electron chi connectivity index (χ2n) is 5.53. The van der Waals surface area contributed by atoms with E-state index in [1.807, 2.05) is 24.3 Å². The summed E-state index contributed by atoms with van der Waals surface area (Å²) in [6, 6.07) is 0.127. The standard InChI is InChI=1S/C15H20N4OS2.2ClH/c1-9-17-10-4-3-5-12(14(10)22-9)19(2)15(20)11-8-21-13(18-11)6-7-16;;/h8,12H,3-7,16H2,1-2H3;2*1H. The van der Waals surface area contributed by atoms with Crippen molar-refractivity contribution in [2.24, 2.45) is 5.73 Å². The number of carbonyl (C=O) groups is 1. The van der Waals surface area contributed by atoms with Gasteiger partial charge in [0.15, 0.2) is 0 Å². The van der Waals surface area contributed by atoms with Crippen molar-refractivity contribution in [2.75, 3.05) is 13.6 Å². The van der Waals surface area contributed by atoms with Crippen LogP contribution in [0.4, 0.5) is 0 Å². The Morgan fingerprint density at radius 3 is 2.88 bits per heavy atom. The lowest BCUT2D eigenvalue weighted by atomic mass is 9.97. The average Bonchev–Trinajstić information content (AvgIpc) is 3.11. The van der Waals surface area contributed by atoms with Crippen LogP contribution in [0.25, 0.3) is 0 Å². The monoisotopic (exact) mass is 408 g/mol. The fourth-order valence-electron chi connectivity index (χ4n) is 2.86. The molecule has 0 aromatic carbocycles. The van der Waals surface area contributed by atoms with E-state index in [-0.39, 0.29) is 36.8 Å². The van der Waals surface area contributed by atoms with Gasteiger partial charge in [0.2, 0.25) is 0 Å². The molecule has 1 aliphatic rings. The number of aromatic nitrogens is 2. The first-order valence-corrected chi connectivity index (χ1v) is 9.17. The minimum Gasteiger partial charge on any atom is -0.332 e. The Morgan fingerprint density at radius 2 is 2.17 bits per heavy atom.